The first-order chi connectivity index (χ1) is 12.2. The van der Waals surface area contributed by atoms with Crippen molar-refractivity contribution >= 4 is 17.2 Å². The number of halogens is 1. The molecule has 0 radical (unpaired) electrons. The van der Waals surface area contributed by atoms with Crippen molar-refractivity contribution in [3.63, 3.8) is 0 Å². The molecule has 2 atom stereocenters. The van der Waals surface area contributed by atoms with Gasteiger partial charge in [-0.2, -0.15) is 0 Å². The van der Waals surface area contributed by atoms with E-state index >= 15 is 0 Å². The number of hydrogen-bond donors (Lipinski definition) is 0. The van der Waals surface area contributed by atoms with Crippen LogP contribution in [0.15, 0.2) is 54.6 Å². The molecule has 4 heteroatoms. The van der Waals surface area contributed by atoms with Crippen molar-refractivity contribution in [2.75, 3.05) is 20.3 Å². The third-order valence-corrected chi connectivity index (χ3v) is 5.37. The summed E-state index contributed by atoms with van der Waals surface area (Å²) >= 11 is 6.32. The average Bonchev–Trinajstić information content (AvgIpc) is 2.62. The van der Waals surface area contributed by atoms with Crippen LogP contribution < -0.4 is 4.74 Å². The quantitative estimate of drug-likeness (QED) is 0.811. The minimum atomic E-state index is 0.309. The third-order valence-electron chi connectivity index (χ3n) is 5.07. The molecule has 3 nitrogen and oxygen atoms in total. The topological polar surface area (TPSA) is 21.7 Å². The first-order valence-electron chi connectivity index (χ1n) is 8.66. The van der Waals surface area contributed by atoms with Gasteiger partial charge in [-0.1, -0.05) is 54.1 Å². The molecular weight excluding hydrogens is 334 g/mol. The van der Waals surface area contributed by atoms with E-state index in [1.807, 2.05) is 12.1 Å². The second kappa shape index (κ2) is 7.20. The first-order valence-corrected chi connectivity index (χ1v) is 9.04. The Morgan fingerprint density at radius 1 is 1.16 bits per heavy atom. The number of methoxy groups -OCH3 is 1. The highest BCUT2D eigenvalue weighted by Crippen LogP contribution is 2.36. The molecule has 0 saturated carbocycles. The van der Waals surface area contributed by atoms with Gasteiger partial charge in [0.25, 0.3) is 0 Å². The van der Waals surface area contributed by atoms with Gasteiger partial charge in [0, 0.05) is 12.6 Å². The predicted octanol–water partition coefficient (Wildman–Crippen LogP) is 4.41. The lowest BCUT2D eigenvalue weighted by molar-refractivity contribution is -0.0402. The molecule has 2 bridgehead atoms. The standard InChI is InChI=1S/C21H22ClNO2/c1-24-21-8-7-16(11-20(21)22)17-9-18-13-25-14-19(10-17)23(18)12-15-5-3-2-4-6-15/h2-9,11,18-19H,10,12-14H2,1H3. The number of ether oxygens (including phenoxy) is 2. The largest absolute Gasteiger partial charge is 0.495 e. The van der Waals surface area contributed by atoms with Crippen LogP contribution in [0.3, 0.4) is 0 Å². The predicted molar refractivity (Wildman–Crippen MR) is 101 cm³/mol. The van der Waals surface area contributed by atoms with Crippen molar-refractivity contribution in [1.82, 2.24) is 4.90 Å². The van der Waals surface area contributed by atoms with Gasteiger partial charge in [-0.3, -0.25) is 4.90 Å². The lowest BCUT2D eigenvalue weighted by Gasteiger charge is -2.45. The van der Waals surface area contributed by atoms with E-state index in [9.17, 15) is 0 Å². The Morgan fingerprint density at radius 2 is 2.00 bits per heavy atom. The molecule has 0 aliphatic carbocycles. The molecule has 0 amide bonds. The van der Waals surface area contributed by atoms with E-state index in [0.29, 0.717) is 17.1 Å². The maximum atomic E-state index is 6.32. The molecule has 2 unspecified atom stereocenters. The van der Waals surface area contributed by atoms with Gasteiger partial charge in [0.2, 0.25) is 0 Å². The molecule has 25 heavy (non-hydrogen) atoms. The molecule has 2 aliphatic heterocycles. The fraction of sp³-hybridized carbons (Fsp3) is 0.333. The maximum absolute atomic E-state index is 6.32. The molecule has 130 valence electrons. The lowest BCUT2D eigenvalue weighted by atomic mass is 9.89. The number of hydrogen-bond acceptors (Lipinski definition) is 3. The van der Waals surface area contributed by atoms with Crippen LogP contribution in [0, 0.1) is 0 Å². The Labute approximate surface area is 153 Å². The van der Waals surface area contributed by atoms with E-state index in [-0.39, 0.29) is 0 Å². The van der Waals surface area contributed by atoms with Crippen molar-refractivity contribution in [3.8, 4) is 5.75 Å². The molecule has 1 fully saturated rings. The van der Waals surface area contributed by atoms with Gasteiger partial charge in [-0.15, -0.1) is 0 Å². The molecule has 4 rings (SSSR count). The SMILES string of the molecule is COc1ccc(C2=CC3COCC(C2)N3Cc2ccccc2)cc1Cl. The van der Waals surface area contributed by atoms with Crippen LogP contribution in [0.25, 0.3) is 5.57 Å². The van der Waals surface area contributed by atoms with Crippen LogP contribution in [0.4, 0.5) is 0 Å². The number of morpholine rings is 1. The Bertz CT molecular complexity index is 775. The Balaban J connectivity index is 1.59. The van der Waals surface area contributed by atoms with Crippen molar-refractivity contribution in [1.29, 1.82) is 0 Å². The number of fused-ring (bicyclic) bond motifs is 2. The molecule has 2 aromatic rings. The first kappa shape index (κ1) is 16.6. The van der Waals surface area contributed by atoms with Gasteiger partial charge < -0.3 is 9.47 Å². The Hall–Kier alpha value is -1.81. The van der Waals surface area contributed by atoms with E-state index in [2.05, 4.69) is 47.4 Å². The van der Waals surface area contributed by atoms with Gasteiger partial charge in [0.15, 0.2) is 0 Å². The van der Waals surface area contributed by atoms with E-state index < -0.39 is 0 Å². The van der Waals surface area contributed by atoms with E-state index in [1.165, 1.54) is 16.7 Å². The molecule has 2 aliphatic rings. The summed E-state index contributed by atoms with van der Waals surface area (Å²) in [5.41, 5.74) is 3.89. The highest BCUT2D eigenvalue weighted by molar-refractivity contribution is 6.32. The van der Waals surface area contributed by atoms with Gasteiger partial charge in [-0.25, -0.2) is 0 Å². The molecule has 0 N–H and O–H groups in total. The zero-order valence-corrected chi connectivity index (χ0v) is 15.1. The van der Waals surface area contributed by atoms with Crippen LogP contribution in [0.5, 0.6) is 5.75 Å². The molecule has 0 spiro atoms. The summed E-state index contributed by atoms with van der Waals surface area (Å²) in [5.74, 6) is 0.719. The molecular formula is C21H22ClNO2. The van der Waals surface area contributed by atoms with Gasteiger partial charge in [0.05, 0.1) is 31.4 Å². The van der Waals surface area contributed by atoms with E-state index in [1.54, 1.807) is 7.11 Å². The third kappa shape index (κ3) is 3.45. The zero-order chi connectivity index (χ0) is 17.2. The zero-order valence-electron chi connectivity index (χ0n) is 14.3. The smallest absolute Gasteiger partial charge is 0.137 e. The van der Waals surface area contributed by atoms with Gasteiger partial charge in [0.1, 0.15) is 5.75 Å². The second-order valence-electron chi connectivity index (χ2n) is 6.66. The van der Waals surface area contributed by atoms with Crippen molar-refractivity contribution in [3.05, 3.63) is 70.8 Å². The van der Waals surface area contributed by atoms with E-state index in [0.717, 1.165) is 31.9 Å². The summed E-state index contributed by atoms with van der Waals surface area (Å²) in [6, 6.07) is 17.4. The summed E-state index contributed by atoms with van der Waals surface area (Å²) < 4.78 is 11.1. The Kier molecular flexibility index (Phi) is 4.80. The summed E-state index contributed by atoms with van der Waals surface area (Å²) in [7, 11) is 1.64. The molecule has 1 saturated heterocycles. The fourth-order valence-electron chi connectivity index (χ4n) is 3.78. The van der Waals surface area contributed by atoms with E-state index in [4.69, 9.17) is 21.1 Å². The summed E-state index contributed by atoms with van der Waals surface area (Å²) in [6.07, 6.45) is 3.32. The molecule has 0 aromatic heterocycles. The highest BCUT2D eigenvalue weighted by atomic mass is 35.5. The molecule has 2 heterocycles. The summed E-state index contributed by atoms with van der Waals surface area (Å²) in [5, 5.41) is 0.661. The number of rotatable bonds is 4. The van der Waals surface area contributed by atoms with Crippen LogP contribution in [0.1, 0.15) is 17.5 Å². The van der Waals surface area contributed by atoms with Crippen molar-refractivity contribution in [2.24, 2.45) is 0 Å². The summed E-state index contributed by atoms with van der Waals surface area (Å²) in [6.45, 7) is 2.49. The summed E-state index contributed by atoms with van der Waals surface area (Å²) in [4.78, 5) is 2.56. The fourth-order valence-corrected chi connectivity index (χ4v) is 4.04. The van der Waals surface area contributed by atoms with Crippen LogP contribution in [-0.4, -0.2) is 37.3 Å². The number of benzene rings is 2. The van der Waals surface area contributed by atoms with Crippen LogP contribution in [0.2, 0.25) is 5.02 Å². The number of nitrogens with zero attached hydrogens (tertiary/aromatic N) is 1. The second-order valence-corrected chi connectivity index (χ2v) is 7.07. The van der Waals surface area contributed by atoms with Gasteiger partial charge >= 0.3 is 0 Å². The van der Waals surface area contributed by atoms with Crippen molar-refractivity contribution < 1.29 is 9.47 Å². The van der Waals surface area contributed by atoms with Crippen molar-refractivity contribution in [2.45, 2.75) is 25.0 Å². The Morgan fingerprint density at radius 3 is 2.72 bits per heavy atom. The minimum absolute atomic E-state index is 0.309. The van der Waals surface area contributed by atoms with Crippen LogP contribution in [-0.2, 0) is 11.3 Å². The normalized spacial score (nSPS) is 23.2. The van der Waals surface area contributed by atoms with Crippen LogP contribution >= 0.6 is 11.6 Å². The maximum Gasteiger partial charge on any atom is 0.137 e. The average molecular weight is 356 g/mol. The highest BCUT2D eigenvalue weighted by Gasteiger charge is 2.34. The monoisotopic (exact) mass is 355 g/mol. The lowest BCUT2D eigenvalue weighted by Crippen LogP contribution is -2.53. The minimum Gasteiger partial charge on any atom is -0.495 e. The van der Waals surface area contributed by atoms with Gasteiger partial charge in [-0.05, 0) is 35.3 Å². The molecule has 2 aromatic carbocycles.